The molecular weight excluding hydrogens is 272 g/mol. The Morgan fingerprint density at radius 3 is 3.05 bits per heavy atom. The van der Waals surface area contributed by atoms with Crippen LogP contribution in [0.5, 0.6) is 0 Å². The van der Waals surface area contributed by atoms with E-state index < -0.39 is 5.60 Å². The Bertz CT molecular complexity index is 610. The zero-order chi connectivity index (χ0) is 14.2. The summed E-state index contributed by atoms with van der Waals surface area (Å²) in [5.74, 6) is 1.74. The third-order valence-electron chi connectivity index (χ3n) is 3.61. The first kappa shape index (κ1) is 13.7. The molecule has 0 saturated carbocycles. The molecule has 2 aromatic heterocycles. The molecule has 0 radical (unpaired) electrons. The summed E-state index contributed by atoms with van der Waals surface area (Å²) in [6.07, 6.45) is 0.814. The van der Waals surface area contributed by atoms with E-state index in [2.05, 4.69) is 33.2 Å². The number of β-amino-alcohol motifs (C(OH)–C–C–N with tert-alkyl or cyclic N) is 1. The van der Waals surface area contributed by atoms with Crippen LogP contribution in [0.4, 0.5) is 5.82 Å². The number of anilines is 1. The van der Waals surface area contributed by atoms with E-state index in [1.807, 2.05) is 12.3 Å². The van der Waals surface area contributed by atoms with E-state index in [4.69, 9.17) is 0 Å². The summed E-state index contributed by atoms with van der Waals surface area (Å²) in [4.78, 5) is 12.5. The van der Waals surface area contributed by atoms with Gasteiger partial charge in [0.25, 0.3) is 0 Å². The summed E-state index contributed by atoms with van der Waals surface area (Å²) in [5.41, 5.74) is -0.572. The van der Waals surface area contributed by atoms with Crippen LogP contribution in [-0.4, -0.2) is 45.2 Å². The second-order valence-corrected chi connectivity index (χ2v) is 6.51. The molecular formula is C14H20N4OS. The Morgan fingerprint density at radius 1 is 1.50 bits per heavy atom. The van der Waals surface area contributed by atoms with Gasteiger partial charge in [0.05, 0.1) is 17.5 Å². The quantitative estimate of drug-likeness (QED) is 0.903. The van der Waals surface area contributed by atoms with Gasteiger partial charge in [-0.3, -0.25) is 4.90 Å². The fourth-order valence-electron chi connectivity index (χ4n) is 2.65. The van der Waals surface area contributed by atoms with Crippen molar-refractivity contribution in [2.24, 2.45) is 0 Å². The van der Waals surface area contributed by atoms with Crippen LogP contribution in [0.3, 0.4) is 0 Å². The zero-order valence-electron chi connectivity index (χ0n) is 11.9. The summed E-state index contributed by atoms with van der Waals surface area (Å²) in [5, 5.41) is 16.5. The molecule has 3 rings (SSSR count). The maximum atomic E-state index is 10.0. The third kappa shape index (κ3) is 2.77. The van der Waals surface area contributed by atoms with Gasteiger partial charge in [0.2, 0.25) is 0 Å². The minimum atomic E-state index is -0.572. The topological polar surface area (TPSA) is 61.3 Å². The molecule has 1 atom stereocenters. The highest BCUT2D eigenvalue weighted by atomic mass is 32.1. The van der Waals surface area contributed by atoms with Crippen LogP contribution in [0, 0.1) is 0 Å². The predicted molar refractivity (Wildman–Crippen MR) is 82.1 cm³/mol. The average molecular weight is 292 g/mol. The lowest BCUT2D eigenvalue weighted by Crippen LogP contribution is -2.29. The molecule has 6 heteroatoms. The van der Waals surface area contributed by atoms with E-state index in [9.17, 15) is 5.11 Å². The largest absolute Gasteiger partial charge is 0.389 e. The van der Waals surface area contributed by atoms with Crippen molar-refractivity contribution in [2.75, 3.05) is 25.0 Å². The van der Waals surface area contributed by atoms with Crippen LogP contribution in [0.2, 0.25) is 0 Å². The second-order valence-electron chi connectivity index (χ2n) is 5.62. The maximum Gasteiger partial charge on any atom is 0.146 e. The van der Waals surface area contributed by atoms with Crippen molar-refractivity contribution >= 4 is 27.4 Å². The van der Waals surface area contributed by atoms with E-state index in [1.165, 1.54) is 0 Å². The van der Waals surface area contributed by atoms with Gasteiger partial charge in [-0.1, -0.05) is 0 Å². The lowest BCUT2D eigenvalue weighted by molar-refractivity contribution is 0.0676. The van der Waals surface area contributed by atoms with E-state index in [0.29, 0.717) is 13.1 Å². The molecule has 0 aliphatic carbocycles. The first-order valence-electron chi connectivity index (χ1n) is 7.00. The summed E-state index contributed by atoms with van der Waals surface area (Å²) in [7, 11) is 0. The molecule has 0 aromatic carbocycles. The SMILES string of the molecule is CCNc1nc(CN2CCC(C)(O)C2)nc2sccc12. The van der Waals surface area contributed by atoms with E-state index >= 15 is 0 Å². The lowest BCUT2D eigenvalue weighted by Gasteiger charge is -2.18. The highest BCUT2D eigenvalue weighted by Gasteiger charge is 2.31. The van der Waals surface area contributed by atoms with Crippen LogP contribution >= 0.6 is 11.3 Å². The Kier molecular flexibility index (Phi) is 3.62. The fraction of sp³-hybridized carbons (Fsp3) is 0.571. The maximum absolute atomic E-state index is 10.0. The third-order valence-corrected chi connectivity index (χ3v) is 4.42. The van der Waals surface area contributed by atoms with Gasteiger partial charge in [0, 0.05) is 19.6 Å². The summed E-state index contributed by atoms with van der Waals surface area (Å²) >= 11 is 1.64. The smallest absolute Gasteiger partial charge is 0.146 e. The van der Waals surface area contributed by atoms with Gasteiger partial charge < -0.3 is 10.4 Å². The molecule has 2 N–H and O–H groups in total. The molecule has 3 heterocycles. The number of hydrogen-bond donors (Lipinski definition) is 2. The molecule has 1 unspecified atom stereocenters. The number of rotatable bonds is 4. The van der Waals surface area contributed by atoms with Crippen LogP contribution in [0.1, 0.15) is 26.1 Å². The van der Waals surface area contributed by atoms with Crippen LogP contribution in [-0.2, 0) is 6.54 Å². The molecule has 0 amide bonds. The van der Waals surface area contributed by atoms with Gasteiger partial charge in [-0.15, -0.1) is 11.3 Å². The fourth-order valence-corrected chi connectivity index (χ4v) is 3.43. The predicted octanol–water partition coefficient (Wildman–Crippen LogP) is 2.08. The number of aliphatic hydroxyl groups is 1. The van der Waals surface area contributed by atoms with Crippen LogP contribution in [0.25, 0.3) is 10.2 Å². The van der Waals surface area contributed by atoms with Gasteiger partial charge in [0.1, 0.15) is 16.5 Å². The minimum Gasteiger partial charge on any atom is -0.389 e. The van der Waals surface area contributed by atoms with Crippen LogP contribution < -0.4 is 5.32 Å². The van der Waals surface area contributed by atoms with E-state index in [1.54, 1.807) is 11.3 Å². The molecule has 1 aliphatic heterocycles. The van der Waals surface area contributed by atoms with Gasteiger partial charge in [-0.05, 0) is 31.7 Å². The monoisotopic (exact) mass is 292 g/mol. The number of hydrogen-bond acceptors (Lipinski definition) is 6. The molecule has 1 saturated heterocycles. The highest BCUT2D eigenvalue weighted by molar-refractivity contribution is 7.16. The molecule has 5 nitrogen and oxygen atoms in total. The summed E-state index contributed by atoms with van der Waals surface area (Å²) < 4.78 is 0. The summed E-state index contributed by atoms with van der Waals surface area (Å²) in [6.45, 7) is 7.09. The molecule has 2 aromatic rings. The summed E-state index contributed by atoms with van der Waals surface area (Å²) in [6, 6.07) is 2.06. The molecule has 1 fully saturated rings. The van der Waals surface area contributed by atoms with Gasteiger partial charge in [-0.25, -0.2) is 9.97 Å². The first-order valence-corrected chi connectivity index (χ1v) is 7.88. The van der Waals surface area contributed by atoms with Gasteiger partial charge in [-0.2, -0.15) is 0 Å². The van der Waals surface area contributed by atoms with Crippen LogP contribution in [0.15, 0.2) is 11.4 Å². The van der Waals surface area contributed by atoms with Gasteiger partial charge in [0.15, 0.2) is 0 Å². The number of aromatic nitrogens is 2. The molecule has 108 valence electrons. The second kappa shape index (κ2) is 5.27. The van der Waals surface area contributed by atoms with E-state index in [-0.39, 0.29) is 0 Å². The normalized spacial score (nSPS) is 23.6. The zero-order valence-corrected chi connectivity index (χ0v) is 12.7. The molecule has 20 heavy (non-hydrogen) atoms. The van der Waals surface area contributed by atoms with Crippen molar-refractivity contribution in [1.82, 2.24) is 14.9 Å². The molecule has 0 bridgehead atoms. The van der Waals surface area contributed by atoms with Gasteiger partial charge >= 0.3 is 0 Å². The van der Waals surface area contributed by atoms with Crippen molar-refractivity contribution in [3.05, 3.63) is 17.3 Å². The van der Waals surface area contributed by atoms with Crippen molar-refractivity contribution < 1.29 is 5.11 Å². The molecule has 1 aliphatic rings. The average Bonchev–Trinajstić information content (AvgIpc) is 2.96. The Balaban J connectivity index is 1.84. The highest BCUT2D eigenvalue weighted by Crippen LogP contribution is 2.26. The standard InChI is InChI=1S/C14H20N4OS/c1-3-15-12-10-4-7-20-13(10)17-11(16-12)8-18-6-5-14(2,19)9-18/h4,7,19H,3,5-6,8-9H2,1-2H3,(H,15,16,17). The number of nitrogens with zero attached hydrogens (tertiary/aromatic N) is 3. The first-order chi connectivity index (χ1) is 9.57. The van der Waals surface area contributed by atoms with Crippen molar-refractivity contribution in [2.45, 2.75) is 32.4 Å². The Hall–Kier alpha value is -1.24. The Labute approximate surface area is 122 Å². The number of thiophene rings is 1. The van der Waals surface area contributed by atoms with Crippen molar-refractivity contribution in [3.63, 3.8) is 0 Å². The number of likely N-dealkylation sites (tertiary alicyclic amines) is 1. The number of fused-ring (bicyclic) bond motifs is 1. The van der Waals surface area contributed by atoms with Crippen molar-refractivity contribution in [1.29, 1.82) is 0 Å². The lowest BCUT2D eigenvalue weighted by atomic mass is 10.1. The molecule has 0 spiro atoms. The van der Waals surface area contributed by atoms with E-state index in [0.717, 1.165) is 41.4 Å². The Morgan fingerprint density at radius 2 is 2.35 bits per heavy atom. The minimum absolute atomic E-state index is 0.572. The van der Waals surface area contributed by atoms with Crippen molar-refractivity contribution in [3.8, 4) is 0 Å². The number of nitrogens with one attached hydrogen (secondary N) is 1.